The summed E-state index contributed by atoms with van der Waals surface area (Å²) >= 11 is 5.04. The molecule has 0 amide bonds. The molecule has 0 heterocycles. The van der Waals surface area contributed by atoms with E-state index in [9.17, 15) is 0 Å². The van der Waals surface area contributed by atoms with Gasteiger partial charge in [-0.25, -0.2) is 0 Å². The molecule has 0 saturated carbocycles. The van der Waals surface area contributed by atoms with Crippen molar-refractivity contribution in [3.05, 3.63) is 17.7 Å². The van der Waals surface area contributed by atoms with Crippen LogP contribution in [0.5, 0.6) is 11.5 Å². The number of anilines is 1. The molecule has 1 aromatic carbocycles. The van der Waals surface area contributed by atoms with Crippen LogP contribution in [-0.4, -0.2) is 26.4 Å². The number of rotatable bonds is 3. The zero-order chi connectivity index (χ0) is 12.1. The fourth-order valence-electron chi connectivity index (χ4n) is 1.30. The Morgan fingerprint density at radius 3 is 2.25 bits per heavy atom. The molecule has 0 aliphatic rings. The molecule has 1 rings (SSSR count). The lowest BCUT2D eigenvalue weighted by molar-refractivity contribution is 0.355. The SMILES string of the molecule is CNC(=S)Nc1cc(OC)c(OC)cc1C. The predicted molar refractivity (Wildman–Crippen MR) is 69.6 cm³/mol. The molecule has 88 valence electrons. The third kappa shape index (κ3) is 2.76. The van der Waals surface area contributed by atoms with Crippen LogP contribution >= 0.6 is 12.2 Å². The van der Waals surface area contributed by atoms with Crippen molar-refractivity contribution in [2.75, 3.05) is 26.6 Å². The highest BCUT2D eigenvalue weighted by atomic mass is 32.1. The molecule has 0 radical (unpaired) electrons. The summed E-state index contributed by atoms with van der Waals surface area (Å²) < 4.78 is 10.4. The summed E-state index contributed by atoms with van der Waals surface area (Å²) in [4.78, 5) is 0. The Morgan fingerprint density at radius 2 is 1.75 bits per heavy atom. The van der Waals surface area contributed by atoms with Gasteiger partial charge >= 0.3 is 0 Å². The van der Waals surface area contributed by atoms with Crippen LogP contribution in [0.15, 0.2) is 12.1 Å². The highest BCUT2D eigenvalue weighted by Gasteiger charge is 2.08. The average Bonchev–Trinajstić information content (AvgIpc) is 2.30. The van der Waals surface area contributed by atoms with Crippen molar-refractivity contribution in [2.24, 2.45) is 0 Å². The number of ether oxygens (including phenoxy) is 2. The van der Waals surface area contributed by atoms with Crippen molar-refractivity contribution in [3.63, 3.8) is 0 Å². The van der Waals surface area contributed by atoms with Crippen LogP contribution in [0.2, 0.25) is 0 Å². The van der Waals surface area contributed by atoms with E-state index in [1.165, 1.54) is 0 Å². The van der Waals surface area contributed by atoms with Crippen LogP contribution in [-0.2, 0) is 0 Å². The second kappa shape index (κ2) is 5.55. The van der Waals surface area contributed by atoms with Crippen LogP contribution in [0.3, 0.4) is 0 Å². The third-order valence-corrected chi connectivity index (χ3v) is 2.51. The number of thiocarbonyl (C=S) groups is 1. The highest BCUT2D eigenvalue weighted by Crippen LogP contribution is 2.32. The van der Waals surface area contributed by atoms with Crippen LogP contribution in [0.1, 0.15) is 5.56 Å². The Labute approximate surface area is 101 Å². The fraction of sp³-hybridized carbons (Fsp3) is 0.364. The van der Waals surface area contributed by atoms with Crippen LogP contribution in [0, 0.1) is 6.92 Å². The summed E-state index contributed by atoms with van der Waals surface area (Å²) in [5, 5.41) is 6.49. The van der Waals surface area contributed by atoms with Gasteiger partial charge in [0, 0.05) is 18.8 Å². The molecular formula is C11H16N2O2S. The standard InChI is InChI=1S/C11H16N2O2S/c1-7-5-9(14-3)10(15-4)6-8(7)13-11(16)12-2/h5-6H,1-4H3,(H2,12,13,16). The van der Waals surface area contributed by atoms with E-state index >= 15 is 0 Å². The second-order valence-corrected chi connectivity index (χ2v) is 3.63. The van der Waals surface area contributed by atoms with Gasteiger partial charge < -0.3 is 20.1 Å². The molecule has 0 aromatic heterocycles. The van der Waals surface area contributed by atoms with Crippen LogP contribution in [0.4, 0.5) is 5.69 Å². The number of nitrogens with one attached hydrogen (secondary N) is 2. The monoisotopic (exact) mass is 240 g/mol. The third-order valence-electron chi connectivity index (χ3n) is 2.21. The lowest BCUT2D eigenvalue weighted by Gasteiger charge is -2.14. The Bertz CT molecular complexity index is 394. The molecule has 2 N–H and O–H groups in total. The van der Waals surface area contributed by atoms with Crippen molar-refractivity contribution >= 4 is 23.0 Å². The van der Waals surface area contributed by atoms with E-state index in [-0.39, 0.29) is 0 Å². The summed E-state index contributed by atoms with van der Waals surface area (Å²) in [5.41, 5.74) is 1.94. The molecule has 0 bridgehead atoms. The lowest BCUT2D eigenvalue weighted by atomic mass is 10.2. The number of aryl methyl sites for hydroxylation is 1. The van der Waals surface area contributed by atoms with Crippen molar-refractivity contribution in [2.45, 2.75) is 6.92 Å². The quantitative estimate of drug-likeness (QED) is 0.790. The van der Waals surface area contributed by atoms with Crippen molar-refractivity contribution in [1.82, 2.24) is 5.32 Å². The maximum absolute atomic E-state index is 5.22. The molecule has 0 aliphatic heterocycles. The number of hydrogen-bond acceptors (Lipinski definition) is 3. The Balaban J connectivity index is 3.06. The number of methoxy groups -OCH3 is 2. The lowest BCUT2D eigenvalue weighted by Crippen LogP contribution is -2.24. The van der Waals surface area contributed by atoms with E-state index in [4.69, 9.17) is 21.7 Å². The first kappa shape index (κ1) is 12.6. The topological polar surface area (TPSA) is 42.5 Å². The first-order valence-corrected chi connectivity index (χ1v) is 5.24. The molecule has 0 atom stereocenters. The Morgan fingerprint density at radius 1 is 1.19 bits per heavy atom. The summed E-state index contributed by atoms with van der Waals surface area (Å²) in [6, 6.07) is 3.76. The van der Waals surface area contributed by atoms with Gasteiger partial charge in [-0.2, -0.15) is 0 Å². The first-order valence-electron chi connectivity index (χ1n) is 4.83. The van der Waals surface area contributed by atoms with Gasteiger partial charge in [0.2, 0.25) is 0 Å². The molecule has 0 aliphatic carbocycles. The van der Waals surface area contributed by atoms with Gasteiger partial charge in [0.05, 0.1) is 14.2 Å². The van der Waals surface area contributed by atoms with Gasteiger partial charge in [0.1, 0.15) is 0 Å². The van der Waals surface area contributed by atoms with E-state index in [0.717, 1.165) is 11.3 Å². The molecule has 16 heavy (non-hydrogen) atoms. The molecular weight excluding hydrogens is 224 g/mol. The van der Waals surface area contributed by atoms with Crippen LogP contribution < -0.4 is 20.1 Å². The molecule has 1 aromatic rings. The van der Waals surface area contributed by atoms with Gasteiger partial charge in [-0.1, -0.05) is 0 Å². The number of benzene rings is 1. The van der Waals surface area contributed by atoms with Gasteiger partial charge in [-0.3, -0.25) is 0 Å². The minimum atomic E-state index is 0.565. The Hall–Kier alpha value is -1.49. The largest absolute Gasteiger partial charge is 0.493 e. The van der Waals surface area contributed by atoms with Crippen molar-refractivity contribution in [1.29, 1.82) is 0 Å². The zero-order valence-corrected chi connectivity index (χ0v) is 10.7. The molecule has 0 unspecified atom stereocenters. The summed E-state index contributed by atoms with van der Waals surface area (Å²) in [6.45, 7) is 1.97. The molecule has 0 saturated heterocycles. The first-order chi connectivity index (χ1) is 7.62. The van der Waals surface area contributed by atoms with Crippen molar-refractivity contribution in [3.8, 4) is 11.5 Å². The van der Waals surface area contributed by atoms with E-state index in [0.29, 0.717) is 16.6 Å². The summed E-state index contributed by atoms with van der Waals surface area (Å²) in [5.74, 6) is 1.38. The van der Waals surface area contributed by atoms with Gasteiger partial charge in [0.15, 0.2) is 16.6 Å². The normalized spacial score (nSPS) is 9.50. The zero-order valence-electron chi connectivity index (χ0n) is 9.88. The van der Waals surface area contributed by atoms with Gasteiger partial charge in [-0.15, -0.1) is 0 Å². The molecule has 5 heteroatoms. The Kier molecular flexibility index (Phi) is 4.37. The molecule has 0 fully saturated rings. The van der Waals surface area contributed by atoms with Crippen LogP contribution in [0.25, 0.3) is 0 Å². The minimum absolute atomic E-state index is 0.565. The predicted octanol–water partition coefficient (Wildman–Crippen LogP) is 1.93. The smallest absolute Gasteiger partial charge is 0.170 e. The van der Waals surface area contributed by atoms with E-state index in [2.05, 4.69) is 10.6 Å². The van der Waals surface area contributed by atoms with E-state index in [1.807, 2.05) is 19.1 Å². The van der Waals surface area contributed by atoms with Crippen molar-refractivity contribution < 1.29 is 9.47 Å². The highest BCUT2D eigenvalue weighted by molar-refractivity contribution is 7.80. The average molecular weight is 240 g/mol. The van der Waals surface area contributed by atoms with E-state index in [1.54, 1.807) is 21.3 Å². The van der Waals surface area contributed by atoms with Gasteiger partial charge in [0.25, 0.3) is 0 Å². The second-order valence-electron chi connectivity index (χ2n) is 3.23. The van der Waals surface area contributed by atoms with Gasteiger partial charge in [-0.05, 0) is 30.8 Å². The maximum atomic E-state index is 5.22. The minimum Gasteiger partial charge on any atom is -0.493 e. The van der Waals surface area contributed by atoms with E-state index < -0.39 is 0 Å². The maximum Gasteiger partial charge on any atom is 0.170 e. The fourth-order valence-corrected chi connectivity index (χ4v) is 1.41. The molecule has 0 spiro atoms. The number of hydrogen-bond donors (Lipinski definition) is 2. The summed E-state index contributed by atoms with van der Waals surface area (Å²) in [6.07, 6.45) is 0. The summed E-state index contributed by atoms with van der Waals surface area (Å²) in [7, 11) is 4.99. The molecule has 4 nitrogen and oxygen atoms in total.